The van der Waals surface area contributed by atoms with Crippen LogP contribution >= 0.6 is 0 Å². The van der Waals surface area contributed by atoms with E-state index in [1.807, 2.05) is 63.7 Å². The summed E-state index contributed by atoms with van der Waals surface area (Å²) in [7, 11) is 0. The summed E-state index contributed by atoms with van der Waals surface area (Å²) in [6.07, 6.45) is 9.12. The number of carbonyl (C=O) groups excluding carboxylic acids is 2. The number of nitrogens with one attached hydrogen (secondary N) is 2. The number of benzene rings is 2. The lowest BCUT2D eigenvalue weighted by Crippen LogP contribution is -2.36. The van der Waals surface area contributed by atoms with E-state index < -0.39 is 11.2 Å². The summed E-state index contributed by atoms with van der Waals surface area (Å²) in [6, 6.07) is 13.5. The molecule has 2 unspecified atom stereocenters. The van der Waals surface area contributed by atoms with Gasteiger partial charge in [-0.3, -0.25) is 9.80 Å². The normalized spacial score (nSPS) is 22.8. The second kappa shape index (κ2) is 12.0. The first-order chi connectivity index (χ1) is 23.8. The number of aromatic amines is 2. The van der Waals surface area contributed by atoms with Gasteiger partial charge in [-0.15, -0.1) is 0 Å². The molecule has 4 aromatic rings. The average molecular weight is 677 g/mol. The van der Waals surface area contributed by atoms with Crippen molar-refractivity contribution in [2.45, 2.75) is 115 Å². The largest absolute Gasteiger partial charge is 0.444 e. The number of hydrogen-bond acceptors (Lipinski definition) is 6. The van der Waals surface area contributed by atoms with Crippen LogP contribution in [0.3, 0.4) is 0 Å². The van der Waals surface area contributed by atoms with Crippen LogP contribution in [-0.2, 0) is 9.47 Å². The minimum atomic E-state index is -0.531. The number of H-pyrrole nitrogens is 2. The molecule has 50 heavy (non-hydrogen) atoms. The highest BCUT2D eigenvalue weighted by molar-refractivity contribution is 5.71. The summed E-state index contributed by atoms with van der Waals surface area (Å²) >= 11 is 0. The number of imidazole rings is 2. The van der Waals surface area contributed by atoms with Crippen molar-refractivity contribution >= 4 is 12.2 Å². The summed E-state index contributed by atoms with van der Waals surface area (Å²) in [5.74, 6) is 2.33. The SMILES string of the molecule is CC(C)(C)OC(=O)N1CCC[C@H]1c1cnc(-c2ccc3c(c2)C2CCC3c3cc(-c4ncc([C@@H]5CCCN5C(=O)OC(C)(C)C)[nH]4)ccc32)[nH]1. The van der Waals surface area contributed by atoms with E-state index in [9.17, 15) is 9.59 Å². The molecule has 2 aromatic heterocycles. The predicted molar refractivity (Wildman–Crippen MR) is 191 cm³/mol. The Kier molecular flexibility index (Phi) is 7.84. The van der Waals surface area contributed by atoms with Gasteiger partial charge in [0.15, 0.2) is 0 Å². The van der Waals surface area contributed by atoms with E-state index in [1.165, 1.54) is 22.3 Å². The molecule has 2 saturated heterocycles. The van der Waals surface area contributed by atoms with Gasteiger partial charge in [-0.1, -0.05) is 24.3 Å². The minimum absolute atomic E-state index is 0.0619. The molecule has 0 spiro atoms. The monoisotopic (exact) mass is 676 g/mol. The van der Waals surface area contributed by atoms with E-state index in [2.05, 4.69) is 46.4 Å². The number of hydrogen-bond donors (Lipinski definition) is 2. The van der Waals surface area contributed by atoms with Crippen molar-refractivity contribution in [3.63, 3.8) is 0 Å². The smallest absolute Gasteiger partial charge is 0.410 e. The summed E-state index contributed by atoms with van der Waals surface area (Å²) in [6.45, 7) is 12.8. The molecule has 2 bridgehead atoms. The molecule has 4 heterocycles. The van der Waals surface area contributed by atoms with Gasteiger partial charge in [-0.25, -0.2) is 19.6 Å². The molecular weight excluding hydrogens is 628 g/mol. The maximum absolute atomic E-state index is 12.9. The first-order valence-corrected chi connectivity index (χ1v) is 18.2. The van der Waals surface area contributed by atoms with Crippen LogP contribution in [0.5, 0.6) is 0 Å². The van der Waals surface area contributed by atoms with Crippen molar-refractivity contribution in [1.29, 1.82) is 0 Å². The fourth-order valence-electron chi connectivity index (χ4n) is 8.53. The molecule has 2 aliphatic heterocycles. The lowest BCUT2D eigenvalue weighted by atomic mass is 9.63. The van der Waals surface area contributed by atoms with Crippen molar-refractivity contribution in [3.8, 4) is 22.8 Å². The van der Waals surface area contributed by atoms with Gasteiger partial charge < -0.3 is 19.4 Å². The highest BCUT2D eigenvalue weighted by Crippen LogP contribution is 2.54. The molecule has 10 heteroatoms. The van der Waals surface area contributed by atoms with Gasteiger partial charge >= 0.3 is 12.2 Å². The Morgan fingerprint density at radius 2 is 1.06 bits per heavy atom. The van der Waals surface area contributed by atoms with Crippen LogP contribution in [0.15, 0.2) is 48.8 Å². The lowest BCUT2D eigenvalue weighted by Gasteiger charge is -2.40. The first kappa shape index (κ1) is 32.6. The number of aromatic nitrogens is 4. The minimum Gasteiger partial charge on any atom is -0.444 e. The molecule has 0 saturated carbocycles. The molecule has 2 fully saturated rings. The number of likely N-dealkylation sites (tertiary alicyclic amines) is 2. The Labute approximate surface area is 294 Å². The molecule has 0 radical (unpaired) electrons. The van der Waals surface area contributed by atoms with Gasteiger partial charge in [0.1, 0.15) is 22.9 Å². The molecule has 2 N–H and O–H groups in total. The molecule has 2 aromatic carbocycles. The number of amides is 2. The van der Waals surface area contributed by atoms with Crippen LogP contribution in [-0.4, -0.2) is 66.2 Å². The lowest BCUT2D eigenvalue weighted by molar-refractivity contribution is 0.0211. The average Bonchev–Trinajstić information content (AvgIpc) is 3.89. The van der Waals surface area contributed by atoms with Crippen LogP contribution in [0.1, 0.15) is 138 Å². The van der Waals surface area contributed by atoms with Crippen LogP contribution in [0.25, 0.3) is 22.8 Å². The summed E-state index contributed by atoms with van der Waals surface area (Å²) in [5.41, 5.74) is 8.54. The molecule has 262 valence electrons. The Morgan fingerprint density at radius 1 is 0.640 bits per heavy atom. The second-order valence-corrected chi connectivity index (χ2v) is 16.4. The van der Waals surface area contributed by atoms with Gasteiger partial charge in [-0.05, 0) is 114 Å². The Bertz CT molecular complexity index is 1810. The van der Waals surface area contributed by atoms with Crippen LogP contribution in [0, 0.1) is 0 Å². The Morgan fingerprint density at radius 3 is 1.46 bits per heavy atom. The van der Waals surface area contributed by atoms with E-state index in [-0.39, 0.29) is 24.3 Å². The van der Waals surface area contributed by atoms with Crippen LogP contribution in [0.4, 0.5) is 9.59 Å². The molecule has 9 rings (SSSR count). The van der Waals surface area contributed by atoms with Crippen molar-refractivity contribution in [2.75, 3.05) is 13.1 Å². The van der Waals surface area contributed by atoms with E-state index in [0.29, 0.717) is 24.9 Å². The maximum Gasteiger partial charge on any atom is 0.410 e. The summed E-state index contributed by atoms with van der Waals surface area (Å²) in [4.78, 5) is 46.2. The van der Waals surface area contributed by atoms with E-state index in [0.717, 1.165) is 72.7 Å². The summed E-state index contributed by atoms with van der Waals surface area (Å²) in [5, 5.41) is 0. The third-order valence-electron chi connectivity index (χ3n) is 10.6. The predicted octanol–water partition coefficient (Wildman–Crippen LogP) is 8.98. The van der Waals surface area contributed by atoms with Gasteiger partial charge in [0.25, 0.3) is 0 Å². The van der Waals surface area contributed by atoms with E-state index in [1.54, 1.807) is 0 Å². The number of ether oxygens (including phenoxy) is 2. The van der Waals surface area contributed by atoms with Gasteiger partial charge in [0.2, 0.25) is 0 Å². The topological polar surface area (TPSA) is 116 Å². The number of rotatable bonds is 4. The molecule has 3 aliphatic carbocycles. The quantitative estimate of drug-likeness (QED) is 0.223. The highest BCUT2D eigenvalue weighted by Gasteiger charge is 2.39. The van der Waals surface area contributed by atoms with Crippen LogP contribution in [0.2, 0.25) is 0 Å². The van der Waals surface area contributed by atoms with E-state index >= 15 is 0 Å². The van der Waals surface area contributed by atoms with Crippen molar-refractivity contribution in [2.24, 2.45) is 0 Å². The first-order valence-electron chi connectivity index (χ1n) is 18.2. The Balaban J connectivity index is 1.01. The van der Waals surface area contributed by atoms with E-state index in [4.69, 9.17) is 19.4 Å². The van der Waals surface area contributed by atoms with Gasteiger partial charge in [-0.2, -0.15) is 0 Å². The second-order valence-electron chi connectivity index (χ2n) is 16.4. The Hall–Kier alpha value is -4.60. The molecule has 2 amide bonds. The molecular formula is C40H48N6O4. The fourth-order valence-corrected chi connectivity index (χ4v) is 8.53. The van der Waals surface area contributed by atoms with Gasteiger partial charge in [0.05, 0.1) is 35.9 Å². The number of nitrogens with zero attached hydrogens (tertiary/aromatic N) is 4. The fraction of sp³-hybridized carbons (Fsp3) is 0.500. The van der Waals surface area contributed by atoms with Crippen molar-refractivity contribution in [3.05, 3.63) is 82.4 Å². The highest BCUT2D eigenvalue weighted by atomic mass is 16.6. The summed E-state index contributed by atoms with van der Waals surface area (Å²) < 4.78 is 11.4. The molecule has 5 aliphatic rings. The zero-order valence-corrected chi connectivity index (χ0v) is 30.0. The number of fused-ring (bicyclic) bond motifs is 1. The van der Waals surface area contributed by atoms with Gasteiger partial charge in [0, 0.05) is 36.1 Å². The van der Waals surface area contributed by atoms with Crippen molar-refractivity contribution in [1.82, 2.24) is 29.7 Å². The zero-order valence-electron chi connectivity index (χ0n) is 30.0. The standard InChI is InChI=1S/C40H48N6O4/c1-39(2,3)49-37(47)45-17-7-9-33(45)31-21-41-35(43-31)23-11-13-25-28-16-15-27(29(25)19-23)26-14-12-24(20-30(26)28)36-42-22-32(44-36)34-10-8-18-46(34)38(48)50-40(4,5)6/h11-14,19-22,27-28,33-34H,7-10,15-18H2,1-6H3,(H,41,43)(H,42,44)/t27?,28?,33-,34-/m0/s1. The third kappa shape index (κ3) is 5.96. The third-order valence-corrected chi connectivity index (χ3v) is 10.6. The van der Waals surface area contributed by atoms with Crippen molar-refractivity contribution < 1.29 is 19.1 Å². The maximum atomic E-state index is 12.9. The molecule has 4 atom stereocenters. The number of carbonyl (C=O) groups is 2. The van der Waals surface area contributed by atoms with Crippen LogP contribution < -0.4 is 0 Å². The molecule has 10 nitrogen and oxygen atoms in total. The zero-order chi connectivity index (χ0) is 34.9.